The van der Waals surface area contributed by atoms with Crippen molar-refractivity contribution in [3.05, 3.63) is 108 Å². The molecule has 0 fully saturated rings. The number of alkyl carbamates (subject to hydrolysis) is 2. The maximum atomic E-state index is 12.3. The Kier molecular flexibility index (Phi) is 15.7. The topological polar surface area (TPSA) is 240 Å². The van der Waals surface area contributed by atoms with Gasteiger partial charge in [0, 0.05) is 25.2 Å². The summed E-state index contributed by atoms with van der Waals surface area (Å²) in [5.41, 5.74) is 0.714. The fourth-order valence-electron chi connectivity index (χ4n) is 4.51. The van der Waals surface area contributed by atoms with Crippen LogP contribution in [0, 0.1) is 0 Å². The van der Waals surface area contributed by atoms with Crippen LogP contribution in [0.5, 0.6) is 0 Å². The van der Waals surface area contributed by atoms with Crippen LogP contribution in [0.1, 0.15) is 64.1 Å². The molecular weight excluding hydrogens is 732 g/mol. The van der Waals surface area contributed by atoms with Crippen molar-refractivity contribution in [1.29, 1.82) is 0 Å². The smallest absolute Gasteiger partial charge is 0.419 e. The minimum atomic E-state index is -1.30. The SMILES string of the molecule is CC(C)(C)OC(=O)N[C@@H](Cc1cn(C(=O)OCc2ccccc2)cn1)C(=O)O.CC(C)(C)OC(=O)N[C@@H](Cc1cncn1C(=O)OCc1ccccc1)C(=O)O. The monoisotopic (exact) mass is 778 g/mol. The molecule has 0 bridgehead atoms. The molecule has 0 aliphatic carbocycles. The lowest BCUT2D eigenvalue weighted by Gasteiger charge is -2.22. The first-order valence-corrected chi connectivity index (χ1v) is 17.2. The van der Waals surface area contributed by atoms with Gasteiger partial charge in [0.05, 0.1) is 11.4 Å². The Labute approximate surface area is 322 Å². The number of benzene rings is 2. The Morgan fingerprint density at radius 2 is 1.14 bits per heavy atom. The second-order valence-corrected chi connectivity index (χ2v) is 14.1. The number of hydrogen-bond donors (Lipinski definition) is 4. The number of carbonyl (C=O) groups is 6. The molecule has 0 radical (unpaired) electrons. The fourth-order valence-corrected chi connectivity index (χ4v) is 4.51. The van der Waals surface area contributed by atoms with Crippen molar-refractivity contribution in [1.82, 2.24) is 29.7 Å². The van der Waals surface area contributed by atoms with Gasteiger partial charge >= 0.3 is 36.3 Å². The Morgan fingerprint density at radius 3 is 1.61 bits per heavy atom. The minimum absolute atomic E-state index is 0.0653. The van der Waals surface area contributed by atoms with Crippen LogP contribution in [0.4, 0.5) is 19.2 Å². The van der Waals surface area contributed by atoms with Crippen molar-refractivity contribution in [3.8, 4) is 0 Å². The summed E-state index contributed by atoms with van der Waals surface area (Å²) in [5.74, 6) is -2.51. The van der Waals surface area contributed by atoms with Gasteiger partial charge < -0.3 is 39.8 Å². The van der Waals surface area contributed by atoms with E-state index < -0.39 is 59.6 Å². The first-order valence-electron chi connectivity index (χ1n) is 17.2. The van der Waals surface area contributed by atoms with Gasteiger partial charge in [-0.1, -0.05) is 60.7 Å². The molecule has 4 aromatic rings. The van der Waals surface area contributed by atoms with Crippen LogP contribution in [0.3, 0.4) is 0 Å². The minimum Gasteiger partial charge on any atom is -0.480 e. The van der Waals surface area contributed by atoms with E-state index in [9.17, 15) is 39.0 Å². The number of imidazole rings is 2. The zero-order valence-corrected chi connectivity index (χ0v) is 31.8. The summed E-state index contributed by atoms with van der Waals surface area (Å²) in [6.45, 7) is 10.2. The van der Waals surface area contributed by atoms with E-state index in [-0.39, 0.29) is 31.7 Å². The van der Waals surface area contributed by atoms with Gasteiger partial charge in [0.1, 0.15) is 49.2 Å². The second-order valence-electron chi connectivity index (χ2n) is 14.1. The molecule has 300 valence electrons. The average molecular weight is 779 g/mol. The van der Waals surface area contributed by atoms with Gasteiger partial charge in [-0.3, -0.25) is 0 Å². The predicted molar refractivity (Wildman–Crippen MR) is 197 cm³/mol. The molecule has 0 saturated carbocycles. The zero-order valence-electron chi connectivity index (χ0n) is 31.8. The molecule has 0 aliphatic rings. The van der Waals surface area contributed by atoms with Gasteiger partial charge in [-0.15, -0.1) is 0 Å². The highest BCUT2D eigenvalue weighted by atomic mass is 16.6. The van der Waals surface area contributed by atoms with Crippen LogP contribution in [-0.2, 0) is 54.6 Å². The van der Waals surface area contributed by atoms with Crippen molar-refractivity contribution in [2.45, 2.75) is 90.9 Å². The standard InChI is InChI=1S/2C19H23N3O6/c1-19(2,3)28-17(25)21-15(16(23)24)9-14-10-22(12-20-14)18(26)27-11-13-7-5-4-6-8-13;1-19(2,3)28-17(25)21-15(16(23)24)9-14-10-20-12-22(14)18(26)27-11-13-7-5-4-6-8-13/h2*4-8,10,12,15H,9,11H2,1-3H3,(H,21,25)(H,23,24)/t2*15-/m00/s1. The third-order valence-electron chi connectivity index (χ3n) is 6.97. The lowest BCUT2D eigenvalue weighted by atomic mass is 10.1. The Hall–Kier alpha value is -6.72. The van der Waals surface area contributed by atoms with Gasteiger partial charge in [-0.25, -0.2) is 47.9 Å². The second kappa shape index (κ2) is 20.1. The van der Waals surface area contributed by atoms with Crippen LogP contribution in [0.25, 0.3) is 0 Å². The summed E-state index contributed by atoms with van der Waals surface area (Å²) in [7, 11) is 0. The number of carboxylic acid groups (broad SMARTS) is 2. The van der Waals surface area contributed by atoms with Gasteiger partial charge in [0.25, 0.3) is 0 Å². The molecule has 18 nitrogen and oxygen atoms in total. The number of nitrogens with one attached hydrogen (secondary N) is 2. The summed E-state index contributed by atoms with van der Waals surface area (Å²) >= 11 is 0. The van der Waals surface area contributed by atoms with E-state index in [2.05, 4.69) is 20.6 Å². The molecule has 0 saturated heterocycles. The molecule has 2 aromatic heterocycles. The number of carboxylic acids is 2. The highest BCUT2D eigenvalue weighted by molar-refractivity contribution is 5.81. The van der Waals surface area contributed by atoms with Crippen LogP contribution in [0.2, 0.25) is 0 Å². The first-order chi connectivity index (χ1) is 26.3. The number of carbonyl (C=O) groups excluding carboxylic acids is 4. The number of aliphatic carboxylic acids is 2. The molecule has 4 N–H and O–H groups in total. The normalized spacial score (nSPS) is 12.1. The Balaban J connectivity index is 0.000000300. The van der Waals surface area contributed by atoms with Crippen LogP contribution < -0.4 is 10.6 Å². The Morgan fingerprint density at radius 1 is 0.679 bits per heavy atom. The van der Waals surface area contributed by atoms with Gasteiger partial charge in [-0.05, 0) is 52.7 Å². The van der Waals surface area contributed by atoms with Gasteiger partial charge in [-0.2, -0.15) is 0 Å². The van der Waals surface area contributed by atoms with Gasteiger partial charge in [0.15, 0.2) is 0 Å². The summed E-state index contributed by atoms with van der Waals surface area (Å²) in [6, 6.07) is 15.8. The van der Waals surface area contributed by atoms with Crippen molar-refractivity contribution >= 4 is 36.3 Å². The quantitative estimate of drug-likeness (QED) is 0.136. The molecule has 0 spiro atoms. The van der Waals surface area contributed by atoms with Crippen molar-refractivity contribution in [2.24, 2.45) is 0 Å². The molecule has 18 heteroatoms. The van der Waals surface area contributed by atoms with Crippen LogP contribution in [0.15, 0.2) is 85.7 Å². The molecule has 4 rings (SSSR count). The zero-order chi connectivity index (χ0) is 41.5. The third-order valence-corrected chi connectivity index (χ3v) is 6.97. The maximum Gasteiger partial charge on any atom is 0.419 e. The Bertz CT molecular complexity index is 1930. The maximum absolute atomic E-state index is 12.3. The van der Waals surface area contributed by atoms with Crippen molar-refractivity contribution in [2.75, 3.05) is 0 Å². The van der Waals surface area contributed by atoms with Crippen molar-refractivity contribution < 1.29 is 57.9 Å². The summed E-state index contributed by atoms with van der Waals surface area (Å²) in [4.78, 5) is 78.8. The first kappa shape index (κ1) is 43.7. The highest BCUT2D eigenvalue weighted by Crippen LogP contribution is 2.12. The number of rotatable bonds is 12. The van der Waals surface area contributed by atoms with E-state index in [1.807, 2.05) is 60.7 Å². The fraction of sp³-hybridized carbons (Fsp3) is 0.368. The number of nitrogens with zero attached hydrogens (tertiary/aromatic N) is 4. The number of hydrogen-bond acceptors (Lipinski definition) is 12. The number of aromatic nitrogens is 4. The largest absolute Gasteiger partial charge is 0.480 e. The number of ether oxygens (including phenoxy) is 4. The van der Waals surface area contributed by atoms with Crippen molar-refractivity contribution in [3.63, 3.8) is 0 Å². The molecule has 2 heterocycles. The summed E-state index contributed by atoms with van der Waals surface area (Å²) in [5, 5.41) is 23.3. The van der Waals surface area contributed by atoms with Gasteiger partial charge in [0.2, 0.25) is 0 Å². The van der Waals surface area contributed by atoms with E-state index in [4.69, 9.17) is 18.9 Å². The van der Waals surface area contributed by atoms with Crippen LogP contribution in [-0.4, -0.2) is 88.9 Å². The molecule has 2 amide bonds. The third kappa shape index (κ3) is 15.7. The predicted octanol–water partition coefficient (Wildman–Crippen LogP) is 5.18. The number of amides is 2. The molecule has 0 unspecified atom stereocenters. The van der Waals surface area contributed by atoms with E-state index >= 15 is 0 Å². The van der Waals surface area contributed by atoms with E-state index in [1.165, 1.54) is 25.0 Å². The average Bonchev–Trinajstić information content (AvgIpc) is 3.78. The van der Waals surface area contributed by atoms with E-state index in [0.29, 0.717) is 5.69 Å². The lowest BCUT2D eigenvalue weighted by Crippen LogP contribution is -2.45. The van der Waals surface area contributed by atoms with E-state index in [0.717, 1.165) is 20.3 Å². The molecule has 2 aromatic carbocycles. The lowest BCUT2D eigenvalue weighted by molar-refractivity contribution is -0.140. The summed E-state index contributed by atoms with van der Waals surface area (Å²) in [6.07, 6.45) is 1.83. The van der Waals surface area contributed by atoms with E-state index in [1.54, 1.807) is 41.5 Å². The molecule has 0 aliphatic heterocycles. The summed E-state index contributed by atoms with van der Waals surface area (Å²) < 4.78 is 22.8. The molecule has 56 heavy (non-hydrogen) atoms. The molecule has 2 atom stereocenters. The molecular formula is C38H46N6O12. The van der Waals surface area contributed by atoms with Crippen LogP contribution >= 0.6 is 0 Å². The highest BCUT2D eigenvalue weighted by Gasteiger charge is 2.27.